The number of hydrogen-bond donors (Lipinski definition) is 2. The van der Waals surface area contributed by atoms with Crippen molar-refractivity contribution in [1.29, 1.82) is 0 Å². The van der Waals surface area contributed by atoms with Crippen molar-refractivity contribution in [3.8, 4) is 0 Å². The van der Waals surface area contributed by atoms with Gasteiger partial charge in [0.1, 0.15) is 0 Å². The summed E-state index contributed by atoms with van der Waals surface area (Å²) < 4.78 is 0. The summed E-state index contributed by atoms with van der Waals surface area (Å²) in [6.07, 6.45) is 2.64. The highest BCUT2D eigenvalue weighted by molar-refractivity contribution is 7.10. The molecule has 18 heavy (non-hydrogen) atoms. The first-order valence-corrected chi connectivity index (χ1v) is 6.77. The minimum Gasteiger partial charge on any atom is -0.332 e. The zero-order valence-electron chi connectivity index (χ0n) is 9.85. The van der Waals surface area contributed by atoms with Crippen LogP contribution in [-0.4, -0.2) is 27.7 Å². The molecule has 6 heteroatoms. The van der Waals surface area contributed by atoms with Crippen molar-refractivity contribution >= 4 is 17.4 Å². The Bertz CT molecular complexity index is 534. The van der Waals surface area contributed by atoms with Crippen molar-refractivity contribution in [2.45, 2.75) is 19.5 Å². The van der Waals surface area contributed by atoms with Gasteiger partial charge in [-0.1, -0.05) is 0 Å². The van der Waals surface area contributed by atoms with Gasteiger partial charge in [-0.25, -0.2) is 4.79 Å². The molecule has 2 amide bonds. The molecule has 0 saturated heterocycles. The van der Waals surface area contributed by atoms with Crippen LogP contribution in [0.5, 0.6) is 0 Å². The second kappa shape index (κ2) is 4.81. The van der Waals surface area contributed by atoms with Crippen LogP contribution in [0.15, 0.2) is 23.7 Å². The highest BCUT2D eigenvalue weighted by Gasteiger charge is 2.20. The van der Waals surface area contributed by atoms with E-state index in [0.717, 1.165) is 18.7 Å². The van der Waals surface area contributed by atoms with Crippen molar-refractivity contribution in [3.05, 3.63) is 39.8 Å². The Morgan fingerprint density at radius 1 is 1.56 bits per heavy atom. The summed E-state index contributed by atoms with van der Waals surface area (Å²) in [5, 5.41) is 11.7. The van der Waals surface area contributed by atoms with Gasteiger partial charge in [-0.15, -0.1) is 11.3 Å². The number of urea groups is 1. The SMILES string of the molecule is O=C(NCc1ccn[nH]1)N1CCc2sccc2C1. The lowest BCUT2D eigenvalue weighted by molar-refractivity contribution is 0.192. The highest BCUT2D eigenvalue weighted by Crippen LogP contribution is 2.23. The Morgan fingerprint density at radius 2 is 2.50 bits per heavy atom. The molecule has 0 spiro atoms. The topological polar surface area (TPSA) is 61.0 Å². The van der Waals surface area contributed by atoms with Crippen LogP contribution in [0.4, 0.5) is 4.79 Å². The molecule has 0 aliphatic carbocycles. The number of rotatable bonds is 2. The van der Waals surface area contributed by atoms with E-state index in [9.17, 15) is 4.79 Å². The van der Waals surface area contributed by atoms with Crippen LogP contribution < -0.4 is 5.32 Å². The molecule has 1 aliphatic heterocycles. The van der Waals surface area contributed by atoms with E-state index in [1.807, 2.05) is 11.0 Å². The van der Waals surface area contributed by atoms with Crippen molar-refractivity contribution in [2.24, 2.45) is 0 Å². The zero-order valence-corrected chi connectivity index (χ0v) is 10.7. The van der Waals surface area contributed by atoms with E-state index in [0.29, 0.717) is 13.1 Å². The van der Waals surface area contributed by atoms with Crippen molar-refractivity contribution in [3.63, 3.8) is 0 Å². The van der Waals surface area contributed by atoms with Crippen LogP contribution in [0, 0.1) is 0 Å². The van der Waals surface area contributed by atoms with E-state index in [1.54, 1.807) is 17.5 Å². The normalized spacial score (nSPS) is 14.3. The van der Waals surface area contributed by atoms with Crippen LogP contribution in [0.3, 0.4) is 0 Å². The van der Waals surface area contributed by atoms with E-state index in [4.69, 9.17) is 0 Å². The fraction of sp³-hybridized carbons (Fsp3) is 0.333. The van der Waals surface area contributed by atoms with Crippen LogP contribution in [-0.2, 0) is 19.5 Å². The lowest BCUT2D eigenvalue weighted by atomic mass is 10.1. The molecule has 0 radical (unpaired) electrons. The van der Waals surface area contributed by atoms with E-state index < -0.39 is 0 Å². The van der Waals surface area contributed by atoms with Gasteiger partial charge in [-0.2, -0.15) is 5.10 Å². The van der Waals surface area contributed by atoms with Crippen LogP contribution in [0.25, 0.3) is 0 Å². The Kier molecular flexibility index (Phi) is 3.02. The Hall–Kier alpha value is -1.82. The second-order valence-corrected chi connectivity index (χ2v) is 5.28. The lowest BCUT2D eigenvalue weighted by Crippen LogP contribution is -2.42. The van der Waals surface area contributed by atoms with Crippen LogP contribution in [0.2, 0.25) is 0 Å². The summed E-state index contributed by atoms with van der Waals surface area (Å²) in [5.41, 5.74) is 2.19. The summed E-state index contributed by atoms with van der Waals surface area (Å²) in [6, 6.07) is 3.95. The number of carbonyl (C=O) groups excluding carboxylic acids is 1. The molecule has 3 heterocycles. The number of amides is 2. The number of carbonyl (C=O) groups is 1. The molecule has 2 aromatic rings. The first-order chi connectivity index (χ1) is 8.83. The van der Waals surface area contributed by atoms with Gasteiger partial charge in [0.25, 0.3) is 0 Å². The van der Waals surface area contributed by atoms with Gasteiger partial charge in [-0.3, -0.25) is 5.10 Å². The van der Waals surface area contributed by atoms with Crippen LogP contribution in [0.1, 0.15) is 16.1 Å². The molecule has 0 fully saturated rings. The number of hydrogen-bond acceptors (Lipinski definition) is 3. The third-order valence-corrected chi connectivity index (χ3v) is 4.11. The largest absolute Gasteiger partial charge is 0.332 e. The smallest absolute Gasteiger partial charge is 0.318 e. The van der Waals surface area contributed by atoms with Gasteiger partial charge < -0.3 is 10.2 Å². The number of nitrogens with zero attached hydrogens (tertiary/aromatic N) is 2. The summed E-state index contributed by atoms with van der Waals surface area (Å²) in [6.45, 7) is 2.00. The first kappa shape index (κ1) is 11.3. The maximum absolute atomic E-state index is 12.0. The summed E-state index contributed by atoms with van der Waals surface area (Å²) >= 11 is 1.78. The van der Waals surface area contributed by atoms with Crippen molar-refractivity contribution < 1.29 is 4.79 Å². The minimum atomic E-state index is -0.0125. The molecule has 5 nitrogen and oxygen atoms in total. The number of nitrogens with one attached hydrogen (secondary N) is 2. The predicted molar refractivity (Wildman–Crippen MR) is 69.3 cm³/mol. The van der Waals surface area contributed by atoms with Crippen molar-refractivity contribution in [1.82, 2.24) is 20.4 Å². The number of aromatic amines is 1. The zero-order chi connectivity index (χ0) is 12.4. The molecular formula is C12H14N4OS. The van der Waals surface area contributed by atoms with Gasteiger partial charge in [0, 0.05) is 24.2 Å². The summed E-state index contributed by atoms with van der Waals surface area (Å²) in [7, 11) is 0. The van der Waals surface area contributed by atoms with E-state index in [1.165, 1.54) is 10.4 Å². The van der Waals surface area contributed by atoms with E-state index in [-0.39, 0.29) is 6.03 Å². The molecular weight excluding hydrogens is 248 g/mol. The molecule has 0 aromatic carbocycles. The van der Waals surface area contributed by atoms with E-state index in [2.05, 4.69) is 27.0 Å². The predicted octanol–water partition coefficient (Wildman–Crippen LogP) is 1.74. The first-order valence-electron chi connectivity index (χ1n) is 5.89. The number of fused-ring (bicyclic) bond motifs is 1. The highest BCUT2D eigenvalue weighted by atomic mass is 32.1. The maximum Gasteiger partial charge on any atom is 0.318 e. The van der Waals surface area contributed by atoms with Gasteiger partial charge in [0.15, 0.2) is 0 Å². The molecule has 2 aromatic heterocycles. The average Bonchev–Trinajstić information content (AvgIpc) is 3.05. The fourth-order valence-corrected chi connectivity index (χ4v) is 2.98. The Morgan fingerprint density at radius 3 is 3.33 bits per heavy atom. The molecule has 3 rings (SSSR count). The lowest BCUT2D eigenvalue weighted by Gasteiger charge is -2.27. The monoisotopic (exact) mass is 262 g/mol. The average molecular weight is 262 g/mol. The number of aromatic nitrogens is 2. The van der Waals surface area contributed by atoms with Gasteiger partial charge in [0.05, 0.1) is 12.2 Å². The molecule has 0 atom stereocenters. The summed E-state index contributed by atoms with van der Waals surface area (Å²) in [4.78, 5) is 15.3. The molecule has 2 N–H and O–H groups in total. The minimum absolute atomic E-state index is 0.0125. The van der Waals surface area contributed by atoms with Gasteiger partial charge in [-0.05, 0) is 29.5 Å². The van der Waals surface area contributed by atoms with Gasteiger partial charge in [0.2, 0.25) is 0 Å². The molecule has 94 valence electrons. The van der Waals surface area contributed by atoms with Crippen molar-refractivity contribution in [2.75, 3.05) is 6.54 Å². The third-order valence-electron chi connectivity index (χ3n) is 3.08. The van der Waals surface area contributed by atoms with Gasteiger partial charge >= 0.3 is 6.03 Å². The Balaban J connectivity index is 1.57. The molecule has 0 unspecified atom stereocenters. The second-order valence-electron chi connectivity index (χ2n) is 4.28. The maximum atomic E-state index is 12.0. The standard InChI is InChI=1S/C12H14N4OS/c17-12(13-7-10-1-4-14-15-10)16-5-2-11-9(8-16)3-6-18-11/h1,3-4,6H,2,5,7-8H2,(H,13,17)(H,14,15). The third kappa shape index (κ3) is 2.24. The molecule has 0 bridgehead atoms. The van der Waals surface area contributed by atoms with E-state index >= 15 is 0 Å². The molecule has 1 aliphatic rings. The number of thiophene rings is 1. The quantitative estimate of drug-likeness (QED) is 0.866. The van der Waals surface area contributed by atoms with Crippen LogP contribution >= 0.6 is 11.3 Å². The fourth-order valence-electron chi connectivity index (χ4n) is 2.09. The Labute approximate surface area is 109 Å². The summed E-state index contributed by atoms with van der Waals surface area (Å²) in [5.74, 6) is 0. The molecule has 0 saturated carbocycles. The number of H-pyrrole nitrogens is 1.